The fraction of sp³-hybridized carbons (Fsp3) is 0.529. The van der Waals surface area contributed by atoms with E-state index in [0.29, 0.717) is 17.8 Å². The number of nitrogens with one attached hydrogen (secondary N) is 1. The molecule has 0 heterocycles. The minimum Gasteiger partial charge on any atom is -0.392 e. The van der Waals surface area contributed by atoms with Crippen molar-refractivity contribution in [1.82, 2.24) is 0 Å². The van der Waals surface area contributed by atoms with Gasteiger partial charge in [-0.25, -0.2) is 0 Å². The van der Waals surface area contributed by atoms with Crippen LogP contribution < -0.4 is 11.1 Å². The molecular weight excluding hydrogens is 280 g/mol. The first-order valence-electron chi connectivity index (χ1n) is 7.70. The summed E-state index contributed by atoms with van der Waals surface area (Å²) in [5, 5.41) is 2.98. The summed E-state index contributed by atoms with van der Waals surface area (Å²) in [7, 11) is 0. The van der Waals surface area contributed by atoms with Crippen molar-refractivity contribution in [3.8, 4) is 0 Å². The van der Waals surface area contributed by atoms with Crippen LogP contribution in [0.1, 0.15) is 52.0 Å². The van der Waals surface area contributed by atoms with Crippen LogP contribution >= 0.6 is 12.2 Å². The van der Waals surface area contributed by atoms with Gasteiger partial charge in [-0.2, -0.15) is 0 Å². The molecule has 3 N–H and O–H groups in total. The number of carbonyl (C=O) groups is 1. The molecule has 1 aromatic rings. The molecule has 0 fully saturated rings. The van der Waals surface area contributed by atoms with Crippen molar-refractivity contribution in [1.29, 1.82) is 0 Å². The monoisotopic (exact) mass is 306 g/mol. The van der Waals surface area contributed by atoms with E-state index in [2.05, 4.69) is 12.2 Å². The normalized spacial score (nSPS) is 11.2. The molecule has 0 aliphatic rings. The maximum Gasteiger partial charge on any atom is 0.237 e. The minimum atomic E-state index is -0.734. The molecule has 0 saturated carbocycles. The topological polar surface area (TPSA) is 55.1 Å². The Hall–Kier alpha value is -1.42. The molecule has 0 bridgehead atoms. The summed E-state index contributed by atoms with van der Waals surface area (Å²) in [6.45, 7) is 6.20. The predicted molar refractivity (Wildman–Crippen MR) is 93.5 cm³/mol. The van der Waals surface area contributed by atoms with Crippen molar-refractivity contribution >= 4 is 28.8 Å². The quantitative estimate of drug-likeness (QED) is 0.712. The number of benzene rings is 1. The van der Waals surface area contributed by atoms with Crippen molar-refractivity contribution in [2.45, 2.75) is 52.9 Å². The molecule has 4 heteroatoms. The van der Waals surface area contributed by atoms with E-state index >= 15 is 0 Å². The molecule has 0 aliphatic carbocycles. The van der Waals surface area contributed by atoms with Gasteiger partial charge in [0.25, 0.3) is 0 Å². The average Bonchev–Trinajstić information content (AvgIpc) is 2.47. The highest BCUT2D eigenvalue weighted by Crippen LogP contribution is 2.32. The Bertz CT molecular complexity index is 476. The molecule has 1 rings (SSSR count). The van der Waals surface area contributed by atoms with Crippen LogP contribution in [0.4, 0.5) is 5.69 Å². The minimum absolute atomic E-state index is 0.0806. The Morgan fingerprint density at radius 3 is 2.05 bits per heavy atom. The number of rotatable bonds is 8. The Kier molecular flexibility index (Phi) is 6.82. The van der Waals surface area contributed by atoms with E-state index in [-0.39, 0.29) is 5.91 Å². The van der Waals surface area contributed by atoms with Gasteiger partial charge in [-0.15, -0.1) is 0 Å². The lowest BCUT2D eigenvalue weighted by Gasteiger charge is -2.31. The zero-order valence-corrected chi connectivity index (χ0v) is 14.1. The molecule has 3 nitrogen and oxygen atoms in total. The third-order valence-corrected chi connectivity index (χ3v) is 4.27. The third-order valence-electron chi connectivity index (χ3n) is 3.88. The van der Waals surface area contributed by atoms with Gasteiger partial charge in [0.05, 0.1) is 10.4 Å². The van der Waals surface area contributed by atoms with Crippen molar-refractivity contribution in [3.63, 3.8) is 0 Å². The van der Waals surface area contributed by atoms with Crippen molar-refractivity contribution < 1.29 is 4.79 Å². The highest BCUT2D eigenvalue weighted by Gasteiger charge is 2.39. The number of amides is 1. The van der Waals surface area contributed by atoms with Gasteiger partial charge < -0.3 is 11.1 Å². The van der Waals surface area contributed by atoms with Crippen molar-refractivity contribution in [2.24, 2.45) is 11.1 Å². The number of nitrogens with two attached hydrogens (primary N) is 1. The van der Waals surface area contributed by atoms with Gasteiger partial charge in [0, 0.05) is 5.69 Å². The summed E-state index contributed by atoms with van der Waals surface area (Å²) in [4.78, 5) is 13.0. The van der Waals surface area contributed by atoms with Crippen LogP contribution in [0.15, 0.2) is 24.3 Å². The number of anilines is 1. The summed E-state index contributed by atoms with van der Waals surface area (Å²) < 4.78 is 0. The molecule has 0 atom stereocenters. The van der Waals surface area contributed by atoms with Crippen LogP contribution in [-0.2, 0) is 11.2 Å². The third kappa shape index (κ3) is 4.27. The van der Waals surface area contributed by atoms with Gasteiger partial charge in [0.15, 0.2) is 0 Å². The second-order valence-corrected chi connectivity index (χ2v) is 5.89. The summed E-state index contributed by atoms with van der Waals surface area (Å²) in [6.07, 6.45) is 4.11. The van der Waals surface area contributed by atoms with E-state index in [0.717, 1.165) is 24.9 Å². The van der Waals surface area contributed by atoms with E-state index in [9.17, 15) is 4.79 Å². The van der Waals surface area contributed by atoms with Crippen LogP contribution in [0.25, 0.3) is 0 Å². The molecule has 0 radical (unpaired) electrons. The average molecular weight is 306 g/mol. The van der Waals surface area contributed by atoms with Crippen LogP contribution in [0.3, 0.4) is 0 Å². The van der Waals surface area contributed by atoms with Crippen molar-refractivity contribution in [2.75, 3.05) is 5.32 Å². The lowest BCUT2D eigenvalue weighted by Crippen LogP contribution is -2.46. The van der Waals surface area contributed by atoms with Crippen LogP contribution in [-0.4, -0.2) is 10.9 Å². The Labute approximate surface area is 133 Å². The maximum absolute atomic E-state index is 12.7. The standard InChI is InChI=1S/C17H26N2OS/c1-4-11-17(12-5-2,15(18)21)16(20)19-14-9-7-13(6-3)8-10-14/h7-10H,4-6,11-12H2,1-3H3,(H2,18,21)(H,19,20). The second kappa shape index (κ2) is 8.13. The van der Waals surface area contributed by atoms with Crippen molar-refractivity contribution in [3.05, 3.63) is 29.8 Å². The van der Waals surface area contributed by atoms with Crippen LogP contribution in [0.2, 0.25) is 0 Å². The van der Waals surface area contributed by atoms with Gasteiger partial charge >= 0.3 is 0 Å². The van der Waals surface area contributed by atoms with E-state index in [1.807, 2.05) is 38.1 Å². The first kappa shape index (κ1) is 17.6. The van der Waals surface area contributed by atoms with Gasteiger partial charge in [0.2, 0.25) is 5.91 Å². The number of carbonyl (C=O) groups excluding carboxylic acids is 1. The highest BCUT2D eigenvalue weighted by atomic mass is 32.1. The van der Waals surface area contributed by atoms with Gasteiger partial charge in [-0.05, 0) is 37.0 Å². The molecule has 0 aromatic heterocycles. The zero-order chi connectivity index (χ0) is 15.9. The van der Waals surface area contributed by atoms with E-state index < -0.39 is 5.41 Å². The Morgan fingerprint density at radius 2 is 1.67 bits per heavy atom. The molecule has 1 amide bonds. The van der Waals surface area contributed by atoms with Crippen LogP contribution in [0.5, 0.6) is 0 Å². The Morgan fingerprint density at radius 1 is 1.14 bits per heavy atom. The summed E-state index contributed by atoms with van der Waals surface area (Å²) >= 11 is 5.21. The predicted octanol–water partition coefficient (Wildman–Crippen LogP) is 4.06. The number of thiocarbonyl (C=S) groups is 1. The number of aryl methyl sites for hydroxylation is 1. The smallest absolute Gasteiger partial charge is 0.237 e. The number of hydrogen-bond donors (Lipinski definition) is 2. The fourth-order valence-corrected chi connectivity index (χ4v) is 2.94. The largest absolute Gasteiger partial charge is 0.392 e. The molecular formula is C17H26N2OS. The molecule has 0 spiro atoms. The fourth-order valence-electron chi connectivity index (χ4n) is 2.64. The lowest BCUT2D eigenvalue weighted by molar-refractivity contribution is -0.122. The molecule has 21 heavy (non-hydrogen) atoms. The summed E-state index contributed by atoms with van der Waals surface area (Å²) in [5.41, 5.74) is 7.22. The zero-order valence-electron chi connectivity index (χ0n) is 13.2. The summed E-state index contributed by atoms with van der Waals surface area (Å²) in [6, 6.07) is 7.91. The van der Waals surface area contributed by atoms with E-state index in [1.165, 1.54) is 5.56 Å². The second-order valence-electron chi connectivity index (χ2n) is 5.45. The van der Waals surface area contributed by atoms with Crippen LogP contribution in [0, 0.1) is 5.41 Å². The highest BCUT2D eigenvalue weighted by molar-refractivity contribution is 7.80. The molecule has 1 aromatic carbocycles. The first-order chi connectivity index (χ1) is 10.00. The van der Waals surface area contributed by atoms with Gasteiger partial charge in [-0.3, -0.25) is 4.79 Å². The lowest BCUT2D eigenvalue weighted by atomic mass is 9.78. The summed E-state index contributed by atoms with van der Waals surface area (Å²) in [5.74, 6) is -0.0806. The van der Waals surface area contributed by atoms with Gasteiger partial charge in [0.1, 0.15) is 0 Å². The molecule has 0 saturated heterocycles. The first-order valence-corrected chi connectivity index (χ1v) is 8.11. The SMILES string of the molecule is CCCC(CCC)(C(=O)Nc1ccc(CC)cc1)C(N)=S. The molecule has 116 valence electrons. The van der Waals surface area contributed by atoms with E-state index in [4.69, 9.17) is 18.0 Å². The van der Waals surface area contributed by atoms with Gasteiger partial charge in [-0.1, -0.05) is 58.0 Å². The number of hydrogen-bond acceptors (Lipinski definition) is 2. The molecule has 0 unspecified atom stereocenters. The maximum atomic E-state index is 12.7. The Balaban J connectivity index is 2.96. The molecule has 0 aliphatic heterocycles. The van der Waals surface area contributed by atoms with E-state index in [1.54, 1.807) is 0 Å².